The van der Waals surface area contributed by atoms with Crippen molar-refractivity contribution in [1.82, 2.24) is 15.1 Å². The largest absolute Gasteiger partial charge is 0.317 e. The molecule has 1 N–H and O–H groups in total. The van der Waals surface area contributed by atoms with Crippen LogP contribution in [-0.2, 0) is 9.84 Å². The van der Waals surface area contributed by atoms with Crippen molar-refractivity contribution in [3.05, 3.63) is 36.7 Å². The number of hydrogen-bond donors (Lipinski definition) is 1. The molecule has 0 unspecified atom stereocenters. The van der Waals surface area contributed by atoms with Crippen LogP contribution in [0.15, 0.2) is 41.6 Å². The van der Waals surface area contributed by atoms with Gasteiger partial charge in [-0.15, -0.1) is 0 Å². The van der Waals surface area contributed by atoms with Crippen LogP contribution in [0.3, 0.4) is 0 Å². The fourth-order valence-corrected chi connectivity index (χ4v) is 3.69. The molecule has 1 fully saturated rings. The maximum absolute atomic E-state index is 11.9. The second-order valence-corrected chi connectivity index (χ2v) is 7.44. The van der Waals surface area contributed by atoms with Crippen LogP contribution in [-0.4, -0.2) is 37.5 Å². The van der Waals surface area contributed by atoms with E-state index in [4.69, 9.17) is 0 Å². The Morgan fingerprint density at radius 1 is 1.24 bits per heavy atom. The van der Waals surface area contributed by atoms with Crippen molar-refractivity contribution < 1.29 is 8.42 Å². The fraction of sp³-hybridized carbons (Fsp3) is 0.400. The van der Waals surface area contributed by atoms with Gasteiger partial charge < -0.3 is 5.32 Å². The van der Waals surface area contributed by atoms with Gasteiger partial charge in [-0.05, 0) is 32.0 Å². The van der Waals surface area contributed by atoms with Gasteiger partial charge in [0.1, 0.15) is 0 Å². The number of aromatic nitrogens is 2. The summed E-state index contributed by atoms with van der Waals surface area (Å²) in [4.78, 5) is 0.356. The zero-order valence-corrected chi connectivity index (χ0v) is 12.8. The van der Waals surface area contributed by atoms with Gasteiger partial charge in [0, 0.05) is 23.6 Å². The van der Waals surface area contributed by atoms with E-state index in [9.17, 15) is 8.42 Å². The summed E-state index contributed by atoms with van der Waals surface area (Å²) in [6.07, 6.45) is 7.05. The summed E-state index contributed by atoms with van der Waals surface area (Å²) < 4.78 is 25.8. The van der Waals surface area contributed by atoms with E-state index in [1.54, 1.807) is 18.3 Å². The summed E-state index contributed by atoms with van der Waals surface area (Å²) in [6, 6.07) is 7.47. The highest BCUT2D eigenvalue weighted by molar-refractivity contribution is 7.90. The molecule has 21 heavy (non-hydrogen) atoms. The molecular weight excluding hydrogens is 286 g/mol. The van der Waals surface area contributed by atoms with Gasteiger partial charge in [0.05, 0.1) is 17.1 Å². The van der Waals surface area contributed by atoms with E-state index in [0.29, 0.717) is 10.9 Å². The average molecular weight is 305 g/mol. The monoisotopic (exact) mass is 305 g/mol. The molecule has 1 aromatic heterocycles. The summed E-state index contributed by atoms with van der Waals surface area (Å²) in [5.74, 6) is 0. The molecule has 1 saturated heterocycles. The Morgan fingerprint density at radius 2 is 1.95 bits per heavy atom. The molecule has 0 bridgehead atoms. The smallest absolute Gasteiger partial charge is 0.176 e. The summed E-state index contributed by atoms with van der Waals surface area (Å²) in [5, 5.41) is 7.77. The van der Waals surface area contributed by atoms with E-state index >= 15 is 0 Å². The van der Waals surface area contributed by atoms with Gasteiger partial charge in [0.25, 0.3) is 0 Å². The minimum Gasteiger partial charge on any atom is -0.317 e. The topological polar surface area (TPSA) is 64.0 Å². The van der Waals surface area contributed by atoms with Gasteiger partial charge in [0.2, 0.25) is 0 Å². The van der Waals surface area contributed by atoms with E-state index < -0.39 is 9.84 Å². The van der Waals surface area contributed by atoms with Crippen molar-refractivity contribution in [2.24, 2.45) is 0 Å². The third-order valence-electron chi connectivity index (χ3n) is 3.88. The van der Waals surface area contributed by atoms with Crippen LogP contribution < -0.4 is 5.32 Å². The van der Waals surface area contributed by atoms with Crippen LogP contribution in [0.2, 0.25) is 0 Å². The van der Waals surface area contributed by atoms with Gasteiger partial charge in [0.15, 0.2) is 9.84 Å². The molecule has 5 nitrogen and oxygen atoms in total. The fourth-order valence-electron chi connectivity index (χ4n) is 2.78. The van der Waals surface area contributed by atoms with Gasteiger partial charge in [-0.2, -0.15) is 5.10 Å². The first-order valence-corrected chi connectivity index (χ1v) is 8.99. The van der Waals surface area contributed by atoms with Gasteiger partial charge in [-0.1, -0.05) is 18.2 Å². The Morgan fingerprint density at radius 3 is 2.67 bits per heavy atom. The summed E-state index contributed by atoms with van der Waals surface area (Å²) in [6.45, 7) is 2.00. The number of sulfone groups is 1. The molecule has 1 aliphatic rings. The molecule has 6 heteroatoms. The zero-order chi connectivity index (χ0) is 14.9. The van der Waals surface area contributed by atoms with Crippen LogP contribution in [0.4, 0.5) is 0 Å². The van der Waals surface area contributed by atoms with Gasteiger partial charge in [-0.25, -0.2) is 8.42 Å². The molecule has 0 radical (unpaired) electrons. The molecule has 0 amide bonds. The first kappa shape index (κ1) is 14.3. The van der Waals surface area contributed by atoms with E-state index in [-0.39, 0.29) is 0 Å². The van der Waals surface area contributed by atoms with Gasteiger partial charge >= 0.3 is 0 Å². The van der Waals surface area contributed by atoms with E-state index in [2.05, 4.69) is 10.4 Å². The molecular formula is C15H19N3O2S. The highest BCUT2D eigenvalue weighted by Crippen LogP contribution is 2.28. The zero-order valence-electron chi connectivity index (χ0n) is 12.0. The van der Waals surface area contributed by atoms with Crippen molar-refractivity contribution in [3.63, 3.8) is 0 Å². The first-order valence-electron chi connectivity index (χ1n) is 7.10. The van der Waals surface area contributed by atoms with Crippen molar-refractivity contribution in [2.45, 2.75) is 23.8 Å². The number of benzene rings is 1. The van der Waals surface area contributed by atoms with Crippen LogP contribution >= 0.6 is 0 Å². The lowest BCUT2D eigenvalue weighted by molar-refractivity contribution is 0.343. The van der Waals surface area contributed by atoms with Crippen LogP contribution in [0, 0.1) is 0 Å². The van der Waals surface area contributed by atoms with E-state index in [0.717, 1.165) is 37.1 Å². The third kappa shape index (κ3) is 3.01. The quantitative estimate of drug-likeness (QED) is 0.940. The minimum atomic E-state index is -3.24. The lowest BCUT2D eigenvalue weighted by Gasteiger charge is -2.22. The minimum absolute atomic E-state index is 0.356. The van der Waals surface area contributed by atoms with E-state index in [1.165, 1.54) is 6.26 Å². The molecule has 1 aliphatic heterocycles. The Labute approximate surface area is 124 Å². The summed E-state index contributed by atoms with van der Waals surface area (Å²) >= 11 is 0. The number of piperidine rings is 1. The highest BCUT2D eigenvalue weighted by Gasteiger charge is 2.18. The molecule has 0 atom stereocenters. The summed E-state index contributed by atoms with van der Waals surface area (Å²) in [7, 11) is -3.24. The van der Waals surface area contributed by atoms with Crippen molar-refractivity contribution in [3.8, 4) is 11.1 Å². The normalized spacial score (nSPS) is 17.0. The molecule has 0 aliphatic carbocycles. The number of nitrogens with zero attached hydrogens (tertiary/aromatic N) is 2. The number of rotatable bonds is 3. The highest BCUT2D eigenvalue weighted by atomic mass is 32.2. The third-order valence-corrected chi connectivity index (χ3v) is 5.04. The predicted molar refractivity (Wildman–Crippen MR) is 81.9 cm³/mol. The van der Waals surface area contributed by atoms with Crippen molar-refractivity contribution in [1.29, 1.82) is 0 Å². The van der Waals surface area contributed by atoms with Crippen LogP contribution in [0.1, 0.15) is 18.9 Å². The molecule has 112 valence electrons. The molecule has 2 aromatic rings. The first-order chi connectivity index (χ1) is 10.1. The lowest BCUT2D eigenvalue weighted by Crippen LogP contribution is -2.29. The Balaban J connectivity index is 1.97. The second kappa shape index (κ2) is 5.61. The van der Waals surface area contributed by atoms with Crippen molar-refractivity contribution in [2.75, 3.05) is 19.3 Å². The predicted octanol–water partition coefficient (Wildman–Crippen LogP) is 1.88. The van der Waals surface area contributed by atoms with Gasteiger partial charge in [-0.3, -0.25) is 4.68 Å². The molecule has 2 heterocycles. The van der Waals surface area contributed by atoms with Crippen molar-refractivity contribution >= 4 is 9.84 Å². The lowest BCUT2D eigenvalue weighted by atomic mass is 10.1. The van der Waals surface area contributed by atoms with E-state index in [1.807, 2.05) is 23.0 Å². The second-order valence-electron chi connectivity index (χ2n) is 5.46. The Kier molecular flexibility index (Phi) is 3.82. The number of hydrogen-bond acceptors (Lipinski definition) is 4. The Hall–Kier alpha value is -1.66. The van der Waals surface area contributed by atoms with Crippen LogP contribution in [0.25, 0.3) is 11.1 Å². The standard InChI is InChI=1S/C15H19N3O2S/c1-21(19,20)15-5-3-2-4-14(15)12-10-17-18(11-12)13-6-8-16-9-7-13/h2-5,10-11,13,16H,6-9H2,1H3. The molecule has 0 spiro atoms. The Bertz CT molecular complexity index is 731. The number of nitrogens with one attached hydrogen (secondary N) is 1. The maximum atomic E-state index is 11.9. The molecule has 3 rings (SSSR count). The van der Waals surface area contributed by atoms with Crippen LogP contribution in [0.5, 0.6) is 0 Å². The SMILES string of the molecule is CS(=O)(=O)c1ccccc1-c1cnn(C2CCNCC2)c1. The average Bonchev–Trinajstić information content (AvgIpc) is 2.97. The summed E-state index contributed by atoms with van der Waals surface area (Å²) in [5.41, 5.74) is 1.58. The maximum Gasteiger partial charge on any atom is 0.176 e. The molecule has 1 aromatic carbocycles. The molecule has 0 saturated carbocycles.